The molecule has 1 aromatic rings. The quantitative estimate of drug-likeness (QED) is 0.535. The Bertz CT molecular complexity index is 253. The van der Waals surface area contributed by atoms with Crippen molar-refractivity contribution in [3.63, 3.8) is 0 Å². The molecule has 0 aliphatic heterocycles. The molecule has 0 aliphatic carbocycles. The van der Waals surface area contributed by atoms with E-state index in [0.29, 0.717) is 10.9 Å². The molecule has 0 amide bonds. The van der Waals surface area contributed by atoms with Gasteiger partial charge in [-0.2, -0.15) is 4.39 Å². The van der Waals surface area contributed by atoms with E-state index in [1.165, 1.54) is 12.4 Å². The summed E-state index contributed by atoms with van der Waals surface area (Å²) >= 11 is 1.55. The van der Waals surface area contributed by atoms with E-state index in [2.05, 4.69) is 23.8 Å². The van der Waals surface area contributed by atoms with Crippen LogP contribution in [0.2, 0.25) is 0 Å². The summed E-state index contributed by atoms with van der Waals surface area (Å²) in [5.41, 5.74) is 0. The van der Waals surface area contributed by atoms with Crippen LogP contribution in [0.25, 0.3) is 0 Å². The standard InChI is InChI=1S/C8H11FN2S/c1-6(2)4-12-8-3-7(9)10-5-11-8/h3,5-6H,4H2,1-2H3. The second kappa shape index (κ2) is 4.40. The van der Waals surface area contributed by atoms with Crippen molar-refractivity contribution < 1.29 is 4.39 Å². The van der Waals surface area contributed by atoms with Gasteiger partial charge in [-0.05, 0) is 5.92 Å². The lowest BCUT2D eigenvalue weighted by atomic mass is 10.3. The largest absolute Gasteiger partial charge is 0.230 e. The van der Waals surface area contributed by atoms with Crippen LogP contribution in [0.15, 0.2) is 17.4 Å². The molecule has 2 nitrogen and oxygen atoms in total. The minimum Gasteiger partial charge on any atom is -0.230 e. The van der Waals surface area contributed by atoms with Crippen molar-refractivity contribution in [2.24, 2.45) is 5.92 Å². The fourth-order valence-corrected chi connectivity index (χ4v) is 1.45. The predicted molar refractivity (Wildman–Crippen MR) is 47.6 cm³/mol. The fraction of sp³-hybridized carbons (Fsp3) is 0.500. The Morgan fingerprint density at radius 1 is 1.50 bits per heavy atom. The maximum atomic E-state index is 12.5. The maximum Gasteiger partial charge on any atom is 0.217 e. The highest BCUT2D eigenvalue weighted by atomic mass is 32.2. The summed E-state index contributed by atoms with van der Waals surface area (Å²) < 4.78 is 12.5. The van der Waals surface area contributed by atoms with E-state index in [0.717, 1.165) is 5.75 Å². The number of halogens is 1. The Labute approximate surface area is 75.6 Å². The van der Waals surface area contributed by atoms with Crippen LogP contribution >= 0.6 is 11.8 Å². The molecule has 4 heteroatoms. The highest BCUT2D eigenvalue weighted by Crippen LogP contribution is 2.17. The molecular weight excluding hydrogens is 175 g/mol. The fourth-order valence-electron chi connectivity index (χ4n) is 0.648. The van der Waals surface area contributed by atoms with E-state index < -0.39 is 5.95 Å². The highest BCUT2D eigenvalue weighted by molar-refractivity contribution is 7.99. The van der Waals surface area contributed by atoms with Crippen LogP contribution in [0, 0.1) is 11.9 Å². The molecule has 0 aliphatic rings. The van der Waals surface area contributed by atoms with Crippen LogP contribution in [0.4, 0.5) is 4.39 Å². The van der Waals surface area contributed by atoms with Gasteiger partial charge in [-0.25, -0.2) is 9.97 Å². The molecule has 0 bridgehead atoms. The van der Waals surface area contributed by atoms with Crippen LogP contribution in [0.5, 0.6) is 0 Å². The summed E-state index contributed by atoms with van der Waals surface area (Å²) in [7, 11) is 0. The Kier molecular flexibility index (Phi) is 3.47. The summed E-state index contributed by atoms with van der Waals surface area (Å²) in [4.78, 5) is 7.30. The molecule has 1 heterocycles. The van der Waals surface area contributed by atoms with Gasteiger partial charge in [0.25, 0.3) is 0 Å². The Morgan fingerprint density at radius 2 is 2.25 bits per heavy atom. The molecule has 0 atom stereocenters. The Morgan fingerprint density at radius 3 is 2.83 bits per heavy atom. The molecule has 0 fully saturated rings. The maximum absolute atomic E-state index is 12.5. The molecular formula is C8H11FN2S. The van der Waals surface area contributed by atoms with Crippen molar-refractivity contribution >= 4 is 11.8 Å². The van der Waals surface area contributed by atoms with Crippen LogP contribution in [-0.2, 0) is 0 Å². The van der Waals surface area contributed by atoms with E-state index >= 15 is 0 Å². The van der Waals surface area contributed by atoms with Crippen LogP contribution < -0.4 is 0 Å². The highest BCUT2D eigenvalue weighted by Gasteiger charge is 2.00. The average molecular weight is 186 g/mol. The summed E-state index contributed by atoms with van der Waals surface area (Å²) in [6, 6.07) is 1.35. The third-order valence-electron chi connectivity index (χ3n) is 1.17. The van der Waals surface area contributed by atoms with Gasteiger partial charge in [0.15, 0.2) is 0 Å². The summed E-state index contributed by atoms with van der Waals surface area (Å²) in [5.74, 6) is 1.08. The van der Waals surface area contributed by atoms with E-state index in [4.69, 9.17) is 0 Å². The topological polar surface area (TPSA) is 25.8 Å². The summed E-state index contributed by atoms with van der Waals surface area (Å²) in [6.07, 6.45) is 1.25. The molecule has 66 valence electrons. The van der Waals surface area contributed by atoms with Gasteiger partial charge in [-0.3, -0.25) is 0 Å². The predicted octanol–water partition coefficient (Wildman–Crippen LogP) is 2.36. The monoisotopic (exact) mass is 186 g/mol. The summed E-state index contributed by atoms with van der Waals surface area (Å²) in [6.45, 7) is 4.23. The van der Waals surface area contributed by atoms with Crippen molar-refractivity contribution in [1.29, 1.82) is 0 Å². The molecule has 0 N–H and O–H groups in total. The van der Waals surface area contributed by atoms with E-state index in [9.17, 15) is 4.39 Å². The second-order valence-corrected chi connectivity index (χ2v) is 3.92. The van der Waals surface area contributed by atoms with Crippen LogP contribution in [0.3, 0.4) is 0 Å². The van der Waals surface area contributed by atoms with Crippen molar-refractivity contribution in [1.82, 2.24) is 9.97 Å². The Balaban J connectivity index is 2.52. The number of hydrogen-bond acceptors (Lipinski definition) is 3. The van der Waals surface area contributed by atoms with Crippen molar-refractivity contribution in [3.05, 3.63) is 18.3 Å². The third kappa shape index (κ3) is 3.17. The van der Waals surface area contributed by atoms with E-state index in [1.54, 1.807) is 11.8 Å². The van der Waals surface area contributed by atoms with Gasteiger partial charge in [-0.1, -0.05) is 13.8 Å². The minimum absolute atomic E-state index is 0.462. The number of nitrogens with zero attached hydrogens (tertiary/aromatic N) is 2. The van der Waals surface area contributed by atoms with E-state index in [-0.39, 0.29) is 0 Å². The first-order valence-electron chi connectivity index (χ1n) is 3.79. The van der Waals surface area contributed by atoms with Gasteiger partial charge >= 0.3 is 0 Å². The molecule has 0 saturated carbocycles. The smallest absolute Gasteiger partial charge is 0.217 e. The normalized spacial score (nSPS) is 10.7. The third-order valence-corrected chi connectivity index (χ3v) is 2.53. The molecule has 0 aromatic carbocycles. The van der Waals surface area contributed by atoms with Gasteiger partial charge in [0.1, 0.15) is 11.4 Å². The summed E-state index contributed by atoms with van der Waals surface area (Å²) in [5, 5.41) is 0.705. The molecule has 0 saturated heterocycles. The van der Waals surface area contributed by atoms with Crippen LogP contribution in [-0.4, -0.2) is 15.7 Å². The minimum atomic E-state index is -0.462. The van der Waals surface area contributed by atoms with E-state index in [1.807, 2.05) is 0 Å². The van der Waals surface area contributed by atoms with Crippen molar-refractivity contribution in [2.75, 3.05) is 5.75 Å². The van der Waals surface area contributed by atoms with Gasteiger partial charge in [-0.15, -0.1) is 11.8 Å². The second-order valence-electron chi connectivity index (χ2n) is 2.88. The van der Waals surface area contributed by atoms with Crippen molar-refractivity contribution in [2.45, 2.75) is 18.9 Å². The first-order valence-corrected chi connectivity index (χ1v) is 4.77. The molecule has 1 rings (SSSR count). The Hall–Kier alpha value is -0.640. The molecule has 12 heavy (non-hydrogen) atoms. The zero-order chi connectivity index (χ0) is 8.97. The van der Waals surface area contributed by atoms with Crippen molar-refractivity contribution in [3.8, 4) is 0 Å². The lowest BCUT2D eigenvalue weighted by Crippen LogP contribution is -1.92. The number of hydrogen-bond donors (Lipinski definition) is 0. The number of thioether (sulfide) groups is 1. The first-order chi connectivity index (χ1) is 5.68. The van der Waals surface area contributed by atoms with Crippen LogP contribution in [0.1, 0.15) is 13.8 Å². The molecule has 0 unspecified atom stereocenters. The first kappa shape index (κ1) is 9.45. The lowest BCUT2D eigenvalue weighted by Gasteiger charge is -2.02. The number of aromatic nitrogens is 2. The zero-order valence-corrected chi connectivity index (χ0v) is 7.94. The number of rotatable bonds is 3. The van der Waals surface area contributed by atoms with Gasteiger partial charge in [0.2, 0.25) is 5.95 Å². The molecule has 0 radical (unpaired) electrons. The molecule has 1 aromatic heterocycles. The van der Waals surface area contributed by atoms with Gasteiger partial charge < -0.3 is 0 Å². The average Bonchev–Trinajstić information content (AvgIpc) is 2.01. The zero-order valence-electron chi connectivity index (χ0n) is 7.12. The van der Waals surface area contributed by atoms with Gasteiger partial charge in [0, 0.05) is 11.8 Å². The SMILES string of the molecule is CC(C)CSc1cc(F)ncn1. The molecule has 0 spiro atoms. The lowest BCUT2D eigenvalue weighted by molar-refractivity contribution is 0.572. The van der Waals surface area contributed by atoms with Gasteiger partial charge in [0.05, 0.1) is 0 Å².